The number of nitrogens with one attached hydrogen (secondary N) is 1. The van der Waals surface area contributed by atoms with Crippen LogP contribution in [-0.2, 0) is 16.6 Å². The third-order valence-electron chi connectivity index (χ3n) is 4.00. The monoisotopic (exact) mass is 284 g/mol. The van der Waals surface area contributed by atoms with Gasteiger partial charge in [-0.3, -0.25) is 0 Å². The van der Waals surface area contributed by atoms with E-state index in [1.165, 1.54) is 0 Å². The lowest BCUT2D eigenvalue weighted by Gasteiger charge is -2.11. The van der Waals surface area contributed by atoms with Crippen molar-refractivity contribution in [2.24, 2.45) is 0 Å². The molecule has 2 aliphatic carbocycles. The molecule has 0 saturated heterocycles. The van der Waals surface area contributed by atoms with E-state index in [0.29, 0.717) is 11.7 Å². The van der Waals surface area contributed by atoms with Crippen molar-refractivity contribution in [2.75, 3.05) is 0 Å². The molecule has 2 saturated carbocycles. The first-order chi connectivity index (χ1) is 9.10. The summed E-state index contributed by atoms with van der Waals surface area (Å²) in [5, 5.41) is 9.32. The largest absolute Gasteiger partial charge is 0.390 e. The first-order valence-corrected chi connectivity index (χ1v) is 8.42. The molecule has 1 heterocycles. The van der Waals surface area contributed by atoms with Gasteiger partial charge in [-0.25, -0.2) is 13.1 Å². The van der Waals surface area contributed by atoms with Crippen LogP contribution in [0.5, 0.6) is 0 Å². The third-order valence-corrected chi connectivity index (χ3v) is 5.48. The number of hydrogen-bond acceptors (Lipinski definition) is 3. The normalized spacial score (nSPS) is 21.1. The zero-order chi connectivity index (χ0) is 13.5. The summed E-state index contributed by atoms with van der Waals surface area (Å²) in [6, 6.07) is 2.04. The van der Waals surface area contributed by atoms with Gasteiger partial charge in [0.2, 0.25) is 10.0 Å². The molecule has 0 bridgehead atoms. The molecule has 1 aromatic heterocycles. The Morgan fingerprint density at radius 1 is 1.26 bits per heavy atom. The SMILES string of the molecule is O=S(=O)(NC1CCCC1)c1cc(CO)n(C2CC2)c1. The molecule has 5 nitrogen and oxygen atoms in total. The number of sulfonamides is 1. The van der Waals surface area contributed by atoms with Crippen molar-refractivity contribution in [3.8, 4) is 0 Å². The predicted molar refractivity (Wildman–Crippen MR) is 71.2 cm³/mol. The lowest BCUT2D eigenvalue weighted by molar-refractivity contribution is 0.270. The van der Waals surface area contributed by atoms with E-state index >= 15 is 0 Å². The molecule has 2 aliphatic rings. The fourth-order valence-corrected chi connectivity index (χ4v) is 4.15. The molecule has 2 fully saturated rings. The van der Waals surface area contributed by atoms with Gasteiger partial charge in [0.15, 0.2) is 0 Å². The van der Waals surface area contributed by atoms with Crippen LogP contribution in [0.1, 0.15) is 50.3 Å². The van der Waals surface area contributed by atoms with Crippen LogP contribution in [0, 0.1) is 0 Å². The average Bonchev–Trinajstić information content (AvgIpc) is 2.91. The standard InChI is InChI=1S/C13H20N2O3S/c16-9-12-7-13(8-15(12)11-5-6-11)19(17,18)14-10-3-1-2-4-10/h7-8,10-11,14,16H,1-6,9H2. The van der Waals surface area contributed by atoms with Crippen molar-refractivity contribution >= 4 is 10.0 Å². The molecule has 0 aromatic carbocycles. The average molecular weight is 284 g/mol. The number of aromatic nitrogens is 1. The van der Waals surface area contributed by atoms with Gasteiger partial charge < -0.3 is 9.67 Å². The second kappa shape index (κ2) is 4.92. The maximum absolute atomic E-state index is 12.3. The number of aliphatic hydroxyl groups is 1. The summed E-state index contributed by atoms with van der Waals surface area (Å²) < 4.78 is 29.3. The number of nitrogens with zero attached hydrogens (tertiary/aromatic N) is 1. The van der Waals surface area contributed by atoms with Gasteiger partial charge in [-0.2, -0.15) is 0 Å². The Kier molecular flexibility index (Phi) is 3.41. The third kappa shape index (κ3) is 2.70. The molecule has 3 rings (SSSR count). The topological polar surface area (TPSA) is 71.3 Å². The Hall–Kier alpha value is -0.850. The van der Waals surface area contributed by atoms with Gasteiger partial charge in [-0.05, 0) is 31.7 Å². The zero-order valence-electron chi connectivity index (χ0n) is 10.9. The highest BCUT2D eigenvalue weighted by atomic mass is 32.2. The molecule has 106 valence electrons. The number of hydrogen-bond donors (Lipinski definition) is 2. The van der Waals surface area contributed by atoms with Crippen molar-refractivity contribution < 1.29 is 13.5 Å². The van der Waals surface area contributed by atoms with E-state index in [9.17, 15) is 13.5 Å². The summed E-state index contributed by atoms with van der Waals surface area (Å²) in [6.45, 7) is -0.116. The smallest absolute Gasteiger partial charge is 0.242 e. The van der Waals surface area contributed by atoms with Crippen molar-refractivity contribution in [2.45, 2.75) is 62.1 Å². The van der Waals surface area contributed by atoms with E-state index in [4.69, 9.17) is 0 Å². The highest BCUT2D eigenvalue weighted by Crippen LogP contribution is 2.37. The van der Waals surface area contributed by atoms with E-state index in [1.807, 2.05) is 4.57 Å². The lowest BCUT2D eigenvalue weighted by atomic mass is 10.3. The van der Waals surface area contributed by atoms with Crippen LogP contribution in [0.15, 0.2) is 17.2 Å². The fraction of sp³-hybridized carbons (Fsp3) is 0.692. The van der Waals surface area contributed by atoms with E-state index in [0.717, 1.165) is 38.5 Å². The second-order valence-electron chi connectivity index (χ2n) is 5.57. The molecule has 0 aliphatic heterocycles. The van der Waals surface area contributed by atoms with Crippen molar-refractivity contribution in [1.29, 1.82) is 0 Å². The van der Waals surface area contributed by atoms with Gasteiger partial charge in [0.1, 0.15) is 0 Å². The highest BCUT2D eigenvalue weighted by molar-refractivity contribution is 7.89. The number of aliphatic hydroxyl groups excluding tert-OH is 1. The van der Waals surface area contributed by atoms with Crippen LogP contribution in [0.2, 0.25) is 0 Å². The predicted octanol–water partition coefficient (Wildman–Crippen LogP) is 1.54. The minimum atomic E-state index is -3.44. The van der Waals surface area contributed by atoms with Gasteiger partial charge in [-0.1, -0.05) is 12.8 Å². The molecule has 0 atom stereocenters. The Morgan fingerprint density at radius 3 is 2.53 bits per heavy atom. The zero-order valence-corrected chi connectivity index (χ0v) is 11.7. The summed E-state index contributed by atoms with van der Waals surface area (Å²) in [6.07, 6.45) is 7.84. The molecule has 2 N–H and O–H groups in total. The first-order valence-electron chi connectivity index (χ1n) is 6.94. The van der Waals surface area contributed by atoms with Crippen molar-refractivity contribution in [3.63, 3.8) is 0 Å². The van der Waals surface area contributed by atoms with Crippen molar-refractivity contribution in [3.05, 3.63) is 18.0 Å². The minimum absolute atomic E-state index is 0.0758. The summed E-state index contributed by atoms with van der Waals surface area (Å²) in [7, 11) is -3.44. The Morgan fingerprint density at radius 2 is 1.95 bits per heavy atom. The molecule has 6 heteroatoms. The summed E-state index contributed by atoms with van der Waals surface area (Å²) in [4.78, 5) is 0.287. The molecule has 0 spiro atoms. The lowest BCUT2D eigenvalue weighted by Crippen LogP contribution is -2.32. The molecule has 0 unspecified atom stereocenters. The first kappa shape index (κ1) is 13.1. The Bertz CT molecular complexity index is 554. The molecule has 0 radical (unpaired) electrons. The van der Waals surface area contributed by atoms with Crippen LogP contribution in [-0.4, -0.2) is 24.1 Å². The van der Waals surface area contributed by atoms with Crippen LogP contribution in [0.4, 0.5) is 0 Å². The molecule has 1 aromatic rings. The summed E-state index contributed by atoms with van der Waals surface area (Å²) >= 11 is 0. The quantitative estimate of drug-likeness (QED) is 0.861. The van der Waals surface area contributed by atoms with E-state index in [2.05, 4.69) is 4.72 Å². The number of rotatable bonds is 5. The second-order valence-corrected chi connectivity index (χ2v) is 7.28. The van der Waals surface area contributed by atoms with Gasteiger partial charge in [-0.15, -0.1) is 0 Å². The van der Waals surface area contributed by atoms with Gasteiger partial charge >= 0.3 is 0 Å². The fourth-order valence-electron chi connectivity index (χ4n) is 2.79. The van der Waals surface area contributed by atoms with Crippen LogP contribution in [0.25, 0.3) is 0 Å². The Balaban J connectivity index is 1.83. The van der Waals surface area contributed by atoms with E-state index in [-0.39, 0.29) is 17.5 Å². The van der Waals surface area contributed by atoms with Crippen LogP contribution >= 0.6 is 0 Å². The van der Waals surface area contributed by atoms with Crippen LogP contribution in [0.3, 0.4) is 0 Å². The Labute approximate surface area is 113 Å². The summed E-state index contributed by atoms with van der Waals surface area (Å²) in [5.74, 6) is 0. The molecule has 19 heavy (non-hydrogen) atoms. The van der Waals surface area contributed by atoms with Gasteiger partial charge in [0.05, 0.1) is 11.5 Å². The molecular formula is C13H20N2O3S. The van der Waals surface area contributed by atoms with Gasteiger partial charge in [0, 0.05) is 24.0 Å². The van der Waals surface area contributed by atoms with Crippen LogP contribution < -0.4 is 4.72 Å². The highest BCUT2D eigenvalue weighted by Gasteiger charge is 2.29. The van der Waals surface area contributed by atoms with Gasteiger partial charge in [0.25, 0.3) is 0 Å². The van der Waals surface area contributed by atoms with E-state index < -0.39 is 10.0 Å². The molecule has 0 amide bonds. The maximum atomic E-state index is 12.3. The maximum Gasteiger partial charge on any atom is 0.242 e. The van der Waals surface area contributed by atoms with Crippen molar-refractivity contribution in [1.82, 2.24) is 9.29 Å². The molecular weight excluding hydrogens is 264 g/mol. The van der Waals surface area contributed by atoms with E-state index in [1.54, 1.807) is 12.3 Å². The summed E-state index contributed by atoms with van der Waals surface area (Å²) in [5.41, 5.74) is 0.689. The minimum Gasteiger partial charge on any atom is -0.390 e.